The normalized spacial score (nSPS) is 14.8. The van der Waals surface area contributed by atoms with Crippen LogP contribution >= 0.6 is 0 Å². The Morgan fingerprint density at radius 1 is 1.06 bits per heavy atom. The molecule has 1 aliphatic heterocycles. The number of fused-ring (bicyclic) bond motifs is 1. The van der Waals surface area contributed by atoms with Gasteiger partial charge in [0.05, 0.1) is 13.7 Å². The Morgan fingerprint density at radius 3 is 2.47 bits per heavy atom. The molecular weight excluding hydrogens is 441 g/mol. The van der Waals surface area contributed by atoms with E-state index in [0.29, 0.717) is 24.4 Å². The van der Waals surface area contributed by atoms with Crippen molar-refractivity contribution in [3.8, 4) is 5.75 Å². The van der Waals surface area contributed by atoms with Gasteiger partial charge in [-0.3, -0.25) is 15.1 Å². The van der Waals surface area contributed by atoms with Gasteiger partial charge in [-0.25, -0.2) is 14.0 Å². The Morgan fingerprint density at radius 2 is 1.79 bits per heavy atom. The predicted molar refractivity (Wildman–Crippen MR) is 127 cm³/mol. The van der Waals surface area contributed by atoms with Crippen LogP contribution in [0.4, 0.5) is 14.9 Å². The summed E-state index contributed by atoms with van der Waals surface area (Å²) in [6.45, 7) is 6.58. The zero-order valence-corrected chi connectivity index (χ0v) is 19.3. The number of hydrogen-bond acceptors (Lipinski definition) is 7. The Bertz CT molecular complexity index is 1220. The van der Waals surface area contributed by atoms with Gasteiger partial charge in [0, 0.05) is 62.5 Å². The minimum absolute atomic E-state index is 0.247. The Labute approximate surface area is 196 Å². The highest BCUT2D eigenvalue weighted by Crippen LogP contribution is 2.24. The van der Waals surface area contributed by atoms with Crippen LogP contribution in [0, 0.1) is 5.82 Å². The molecule has 0 unspecified atom stereocenters. The van der Waals surface area contributed by atoms with Crippen molar-refractivity contribution >= 4 is 22.7 Å². The highest BCUT2D eigenvalue weighted by molar-refractivity contribution is 5.89. The van der Waals surface area contributed by atoms with Crippen molar-refractivity contribution in [1.82, 2.24) is 9.80 Å². The molecule has 1 amide bonds. The third-order valence-corrected chi connectivity index (χ3v) is 5.83. The zero-order chi connectivity index (χ0) is 24.1. The summed E-state index contributed by atoms with van der Waals surface area (Å²) in [7, 11) is 1.45. The second-order valence-electron chi connectivity index (χ2n) is 8.17. The molecule has 1 fully saturated rings. The molecule has 2 aromatic carbocycles. The van der Waals surface area contributed by atoms with Gasteiger partial charge in [-0.15, -0.1) is 0 Å². The molecule has 0 spiro atoms. The lowest BCUT2D eigenvalue weighted by Gasteiger charge is -2.34. The number of nitrogens with zero attached hydrogens (tertiary/aromatic N) is 2. The summed E-state index contributed by atoms with van der Waals surface area (Å²) in [4.78, 5) is 28.4. The first-order chi connectivity index (χ1) is 16.4. The van der Waals surface area contributed by atoms with Crippen molar-refractivity contribution in [3.63, 3.8) is 0 Å². The van der Waals surface area contributed by atoms with Crippen molar-refractivity contribution in [2.45, 2.75) is 20.0 Å². The maximum absolute atomic E-state index is 14.0. The van der Waals surface area contributed by atoms with Gasteiger partial charge in [-0.2, -0.15) is 0 Å². The topological polar surface area (TPSA) is 84.3 Å². The second kappa shape index (κ2) is 10.7. The van der Waals surface area contributed by atoms with Crippen LogP contribution in [-0.4, -0.2) is 55.8 Å². The maximum atomic E-state index is 14.0. The molecule has 0 saturated carbocycles. The summed E-state index contributed by atoms with van der Waals surface area (Å²) in [6.07, 6.45) is -0.560. The fraction of sp³-hybridized carbons (Fsp3) is 0.360. The van der Waals surface area contributed by atoms with Crippen molar-refractivity contribution < 1.29 is 23.1 Å². The van der Waals surface area contributed by atoms with Crippen LogP contribution in [0.2, 0.25) is 0 Å². The second-order valence-corrected chi connectivity index (χ2v) is 8.17. The highest BCUT2D eigenvalue weighted by Gasteiger charge is 2.19. The smallest absolute Gasteiger partial charge is 0.411 e. The lowest BCUT2D eigenvalue weighted by Crippen LogP contribution is -2.45. The van der Waals surface area contributed by atoms with Crippen molar-refractivity contribution in [3.05, 3.63) is 69.8 Å². The van der Waals surface area contributed by atoms with Crippen LogP contribution in [0.3, 0.4) is 0 Å². The van der Waals surface area contributed by atoms with E-state index in [2.05, 4.69) is 15.1 Å². The molecule has 1 N–H and O–H groups in total. The number of carbonyl (C=O) groups is 1. The van der Waals surface area contributed by atoms with Crippen LogP contribution in [0.1, 0.15) is 18.1 Å². The van der Waals surface area contributed by atoms with Gasteiger partial charge in [0.2, 0.25) is 0 Å². The molecule has 1 aliphatic rings. The standard InChI is InChI=1S/C25H28FN3O5/c1-3-33-25(31)27-19-5-6-20-18(13-24(30)34-23(20)14-19)16-29-10-8-28(9-11-29)15-17-4-7-22(32-2)21(26)12-17/h4-7,12-14H,3,8-11,15-16H2,1-2H3,(H,27,31). The van der Waals surface area contributed by atoms with Gasteiger partial charge >= 0.3 is 11.7 Å². The average molecular weight is 470 g/mol. The monoisotopic (exact) mass is 469 g/mol. The van der Waals surface area contributed by atoms with Gasteiger partial charge in [0.15, 0.2) is 11.6 Å². The molecular formula is C25H28FN3O5. The molecule has 0 bridgehead atoms. The van der Waals surface area contributed by atoms with Gasteiger partial charge in [-0.05, 0) is 42.3 Å². The molecule has 8 nitrogen and oxygen atoms in total. The fourth-order valence-electron chi connectivity index (χ4n) is 4.14. The molecule has 34 heavy (non-hydrogen) atoms. The summed E-state index contributed by atoms with van der Waals surface area (Å²) >= 11 is 0. The predicted octanol–water partition coefficient (Wildman–Crippen LogP) is 3.83. The van der Waals surface area contributed by atoms with Crippen molar-refractivity contribution in [2.75, 3.05) is 45.2 Å². The first-order valence-electron chi connectivity index (χ1n) is 11.2. The van der Waals surface area contributed by atoms with E-state index in [-0.39, 0.29) is 18.2 Å². The Balaban J connectivity index is 1.39. The molecule has 4 rings (SSSR count). The number of carbonyl (C=O) groups excluding carboxylic acids is 1. The summed E-state index contributed by atoms with van der Waals surface area (Å²) in [5, 5.41) is 3.44. The van der Waals surface area contributed by atoms with Gasteiger partial charge < -0.3 is 13.9 Å². The minimum atomic E-state index is -0.560. The molecule has 2 heterocycles. The van der Waals surface area contributed by atoms with E-state index in [9.17, 15) is 14.0 Å². The Hall–Kier alpha value is -3.43. The van der Waals surface area contributed by atoms with Crippen molar-refractivity contribution in [1.29, 1.82) is 0 Å². The molecule has 9 heteroatoms. The summed E-state index contributed by atoms with van der Waals surface area (Å²) < 4.78 is 29.2. The van der Waals surface area contributed by atoms with E-state index in [1.54, 1.807) is 25.1 Å². The van der Waals surface area contributed by atoms with Gasteiger partial charge in [-0.1, -0.05) is 6.07 Å². The maximum Gasteiger partial charge on any atom is 0.411 e. The number of ether oxygens (including phenoxy) is 2. The average Bonchev–Trinajstić information content (AvgIpc) is 2.80. The molecule has 3 aromatic rings. The number of hydrogen-bond donors (Lipinski definition) is 1. The van der Waals surface area contributed by atoms with E-state index in [1.165, 1.54) is 19.2 Å². The van der Waals surface area contributed by atoms with Crippen LogP contribution in [0.5, 0.6) is 5.75 Å². The van der Waals surface area contributed by atoms with Gasteiger partial charge in [0.25, 0.3) is 0 Å². The first kappa shape index (κ1) is 23.7. The van der Waals surface area contributed by atoms with Crippen LogP contribution < -0.4 is 15.7 Å². The third kappa shape index (κ3) is 5.73. The largest absolute Gasteiger partial charge is 0.494 e. The van der Waals surface area contributed by atoms with Crippen molar-refractivity contribution in [2.24, 2.45) is 0 Å². The number of halogens is 1. The fourth-order valence-corrected chi connectivity index (χ4v) is 4.14. The number of nitrogens with one attached hydrogen (secondary N) is 1. The summed E-state index contributed by atoms with van der Waals surface area (Å²) in [6, 6.07) is 11.8. The van der Waals surface area contributed by atoms with E-state index in [4.69, 9.17) is 13.9 Å². The quantitative estimate of drug-likeness (QED) is 0.527. The number of amides is 1. The van der Waals surface area contributed by atoms with E-state index >= 15 is 0 Å². The number of rotatable bonds is 7. The van der Waals surface area contributed by atoms with Crippen LogP contribution in [-0.2, 0) is 17.8 Å². The Kier molecular flexibility index (Phi) is 7.44. The molecule has 0 radical (unpaired) electrons. The number of methoxy groups -OCH3 is 1. The lowest BCUT2D eigenvalue weighted by atomic mass is 10.1. The van der Waals surface area contributed by atoms with E-state index < -0.39 is 11.7 Å². The summed E-state index contributed by atoms with van der Waals surface area (Å²) in [5.74, 6) is -0.106. The molecule has 0 atom stereocenters. The molecule has 1 aromatic heterocycles. The minimum Gasteiger partial charge on any atom is -0.494 e. The zero-order valence-electron chi connectivity index (χ0n) is 19.3. The van der Waals surface area contributed by atoms with Crippen LogP contribution in [0.15, 0.2) is 51.7 Å². The van der Waals surface area contributed by atoms with Gasteiger partial charge in [0.1, 0.15) is 5.58 Å². The van der Waals surface area contributed by atoms with E-state index in [0.717, 1.165) is 42.7 Å². The lowest BCUT2D eigenvalue weighted by molar-refractivity contribution is 0.122. The molecule has 180 valence electrons. The third-order valence-electron chi connectivity index (χ3n) is 5.83. The first-order valence-corrected chi connectivity index (χ1v) is 11.2. The molecule has 0 aliphatic carbocycles. The van der Waals surface area contributed by atoms with E-state index in [1.807, 2.05) is 12.1 Å². The highest BCUT2D eigenvalue weighted by atomic mass is 19.1. The summed E-state index contributed by atoms with van der Waals surface area (Å²) in [5.41, 5.74) is 2.26. The molecule has 1 saturated heterocycles. The number of benzene rings is 2. The van der Waals surface area contributed by atoms with Crippen LogP contribution in [0.25, 0.3) is 11.0 Å². The number of anilines is 1. The number of piperazine rings is 1. The SMILES string of the molecule is CCOC(=O)Nc1ccc2c(CN3CCN(Cc4ccc(OC)c(F)c4)CC3)cc(=O)oc2c1.